The third kappa shape index (κ3) is 5.02. The van der Waals surface area contributed by atoms with Crippen molar-refractivity contribution in [3.8, 4) is 40.2 Å². The molecule has 1 aliphatic rings. The molecule has 9 heteroatoms. The van der Waals surface area contributed by atoms with E-state index in [0.29, 0.717) is 57.8 Å². The van der Waals surface area contributed by atoms with Crippen molar-refractivity contribution in [1.29, 1.82) is 0 Å². The van der Waals surface area contributed by atoms with Gasteiger partial charge in [0.05, 0.1) is 42.7 Å². The minimum Gasteiger partial charge on any atom is -0.496 e. The summed E-state index contributed by atoms with van der Waals surface area (Å²) in [6.45, 7) is 0. The van der Waals surface area contributed by atoms with Gasteiger partial charge in [0.1, 0.15) is 34.7 Å². The quantitative estimate of drug-likeness (QED) is 0.382. The van der Waals surface area contributed by atoms with Gasteiger partial charge in [0, 0.05) is 29.7 Å². The molecule has 0 spiro atoms. The van der Waals surface area contributed by atoms with Crippen LogP contribution in [0.4, 0.5) is 0 Å². The predicted octanol–water partition coefficient (Wildman–Crippen LogP) is 4.64. The molecule has 37 heavy (non-hydrogen) atoms. The van der Waals surface area contributed by atoms with Gasteiger partial charge in [-0.25, -0.2) is 4.79 Å². The lowest BCUT2D eigenvalue weighted by atomic mass is 9.93. The van der Waals surface area contributed by atoms with Crippen molar-refractivity contribution in [3.05, 3.63) is 65.2 Å². The molecule has 1 heterocycles. The van der Waals surface area contributed by atoms with Gasteiger partial charge < -0.3 is 37.9 Å². The van der Waals surface area contributed by atoms with E-state index in [1.165, 1.54) is 28.4 Å². The minimum atomic E-state index is -0.727. The number of esters is 1. The average Bonchev–Trinajstić information content (AvgIpc) is 2.95. The second-order valence-electron chi connectivity index (χ2n) is 8.15. The highest BCUT2D eigenvalue weighted by Crippen LogP contribution is 2.46. The third-order valence-electron chi connectivity index (χ3n) is 6.19. The van der Waals surface area contributed by atoms with Gasteiger partial charge in [0.2, 0.25) is 5.75 Å². The SMILES string of the molecule is COc1cc(OC)c2c(c1)OC(c1cc(OC)c(OC)c(OC)c1)C(OC(=O)c1ccccc1OC)C2. The van der Waals surface area contributed by atoms with Crippen LogP contribution in [0.25, 0.3) is 0 Å². The lowest BCUT2D eigenvalue weighted by Gasteiger charge is -2.34. The first kappa shape index (κ1) is 25.8. The van der Waals surface area contributed by atoms with E-state index in [2.05, 4.69) is 0 Å². The summed E-state index contributed by atoms with van der Waals surface area (Å²) in [6, 6.07) is 14.0. The first-order valence-electron chi connectivity index (χ1n) is 11.5. The van der Waals surface area contributed by atoms with E-state index in [1.807, 2.05) is 0 Å². The van der Waals surface area contributed by atoms with Crippen molar-refractivity contribution in [2.45, 2.75) is 18.6 Å². The minimum absolute atomic E-state index is 0.307. The van der Waals surface area contributed by atoms with Crippen molar-refractivity contribution >= 4 is 5.97 Å². The van der Waals surface area contributed by atoms with Gasteiger partial charge in [-0.1, -0.05) is 12.1 Å². The largest absolute Gasteiger partial charge is 0.496 e. The van der Waals surface area contributed by atoms with Crippen LogP contribution in [0, 0.1) is 0 Å². The van der Waals surface area contributed by atoms with Crippen molar-refractivity contribution in [3.63, 3.8) is 0 Å². The van der Waals surface area contributed by atoms with Crippen LogP contribution < -0.4 is 33.2 Å². The lowest BCUT2D eigenvalue weighted by molar-refractivity contribution is -0.0190. The van der Waals surface area contributed by atoms with Gasteiger partial charge in [-0.3, -0.25) is 0 Å². The Morgan fingerprint density at radius 2 is 1.41 bits per heavy atom. The van der Waals surface area contributed by atoms with Crippen LogP contribution in [0.2, 0.25) is 0 Å². The average molecular weight is 511 g/mol. The normalized spacial score (nSPS) is 16.1. The molecule has 0 bridgehead atoms. The third-order valence-corrected chi connectivity index (χ3v) is 6.19. The Kier molecular flexibility index (Phi) is 7.81. The number of rotatable bonds is 9. The number of benzene rings is 3. The molecule has 3 aromatic rings. The van der Waals surface area contributed by atoms with Gasteiger partial charge in [0.25, 0.3) is 0 Å². The van der Waals surface area contributed by atoms with Gasteiger partial charge in [-0.15, -0.1) is 0 Å². The number of hydrogen-bond acceptors (Lipinski definition) is 9. The Morgan fingerprint density at radius 1 is 0.757 bits per heavy atom. The van der Waals surface area contributed by atoms with E-state index in [4.69, 9.17) is 37.9 Å². The number of carbonyl (C=O) groups excluding carboxylic acids is 1. The Bertz CT molecular complexity index is 1250. The Labute approximate surface area is 215 Å². The summed E-state index contributed by atoms with van der Waals surface area (Å²) < 4.78 is 45.5. The number of hydrogen-bond donors (Lipinski definition) is 0. The van der Waals surface area contributed by atoms with Crippen molar-refractivity contribution in [2.75, 3.05) is 42.7 Å². The summed E-state index contributed by atoms with van der Waals surface area (Å²) in [7, 11) is 9.24. The number of fused-ring (bicyclic) bond motifs is 1. The van der Waals surface area contributed by atoms with Crippen LogP contribution in [0.1, 0.15) is 27.6 Å². The van der Waals surface area contributed by atoms with E-state index < -0.39 is 18.2 Å². The predicted molar refractivity (Wildman–Crippen MR) is 135 cm³/mol. The molecule has 0 N–H and O–H groups in total. The molecule has 0 aliphatic carbocycles. The molecule has 9 nitrogen and oxygen atoms in total. The van der Waals surface area contributed by atoms with Crippen molar-refractivity contribution in [1.82, 2.24) is 0 Å². The number of ether oxygens (including phenoxy) is 8. The van der Waals surface area contributed by atoms with E-state index in [1.54, 1.807) is 62.8 Å². The molecule has 0 fully saturated rings. The highest BCUT2D eigenvalue weighted by atomic mass is 16.6. The molecule has 4 rings (SSSR count). The van der Waals surface area contributed by atoms with Gasteiger partial charge >= 0.3 is 5.97 Å². The second kappa shape index (κ2) is 11.2. The van der Waals surface area contributed by atoms with E-state index in [0.717, 1.165) is 5.56 Å². The highest BCUT2D eigenvalue weighted by molar-refractivity contribution is 5.92. The summed E-state index contributed by atoms with van der Waals surface area (Å²) in [5.41, 5.74) is 1.73. The van der Waals surface area contributed by atoms with E-state index in [9.17, 15) is 4.79 Å². The zero-order valence-electron chi connectivity index (χ0n) is 21.7. The zero-order chi connectivity index (χ0) is 26.5. The maximum atomic E-state index is 13.3. The summed E-state index contributed by atoms with van der Waals surface area (Å²) in [6.07, 6.45) is -1.11. The van der Waals surface area contributed by atoms with Gasteiger partial charge in [0.15, 0.2) is 17.6 Å². The monoisotopic (exact) mass is 510 g/mol. The summed E-state index contributed by atoms with van der Waals surface area (Å²) in [5.74, 6) is 2.90. The first-order valence-corrected chi connectivity index (χ1v) is 11.5. The molecular formula is C28H30O9. The molecule has 2 atom stereocenters. The highest BCUT2D eigenvalue weighted by Gasteiger charge is 2.38. The Morgan fingerprint density at radius 3 is 2.00 bits per heavy atom. The smallest absolute Gasteiger partial charge is 0.342 e. The second-order valence-corrected chi connectivity index (χ2v) is 8.15. The van der Waals surface area contributed by atoms with Crippen LogP contribution >= 0.6 is 0 Å². The molecule has 196 valence electrons. The van der Waals surface area contributed by atoms with Crippen molar-refractivity contribution < 1.29 is 42.7 Å². The van der Waals surface area contributed by atoms with E-state index in [-0.39, 0.29) is 0 Å². The van der Waals surface area contributed by atoms with Crippen LogP contribution in [-0.4, -0.2) is 54.7 Å². The number of para-hydroxylation sites is 1. The molecule has 0 radical (unpaired) electrons. The van der Waals surface area contributed by atoms with Crippen molar-refractivity contribution in [2.24, 2.45) is 0 Å². The maximum absolute atomic E-state index is 13.3. The Hall–Kier alpha value is -4.27. The maximum Gasteiger partial charge on any atom is 0.342 e. The molecule has 1 aliphatic heterocycles. The standard InChI is InChI=1S/C28H30O9/c1-30-17-13-21(32-3)19-15-25(37-28(29)18-9-7-8-10-20(18)31-2)26(36-22(19)14-17)16-11-23(33-4)27(35-6)24(12-16)34-5/h7-14,25-26H,15H2,1-6H3. The van der Waals surface area contributed by atoms with Crippen LogP contribution in [0.3, 0.4) is 0 Å². The topological polar surface area (TPSA) is 90.9 Å². The molecule has 0 aromatic heterocycles. The molecule has 0 saturated carbocycles. The van der Waals surface area contributed by atoms with Gasteiger partial charge in [-0.05, 0) is 24.3 Å². The first-order chi connectivity index (χ1) is 18.0. The summed E-state index contributed by atoms with van der Waals surface area (Å²) >= 11 is 0. The zero-order valence-corrected chi connectivity index (χ0v) is 21.7. The number of carbonyl (C=O) groups is 1. The fourth-order valence-corrected chi connectivity index (χ4v) is 4.39. The van der Waals surface area contributed by atoms with Crippen LogP contribution in [-0.2, 0) is 11.2 Å². The number of methoxy groups -OCH3 is 6. The van der Waals surface area contributed by atoms with Crippen LogP contribution in [0.15, 0.2) is 48.5 Å². The molecular weight excluding hydrogens is 480 g/mol. The Balaban J connectivity index is 1.81. The van der Waals surface area contributed by atoms with Gasteiger partial charge in [-0.2, -0.15) is 0 Å². The summed E-state index contributed by atoms with van der Waals surface area (Å²) in [5, 5.41) is 0. The molecule has 3 aromatic carbocycles. The van der Waals surface area contributed by atoms with E-state index >= 15 is 0 Å². The van der Waals surface area contributed by atoms with Crippen LogP contribution in [0.5, 0.6) is 40.2 Å². The fourth-order valence-electron chi connectivity index (χ4n) is 4.39. The lowest BCUT2D eigenvalue weighted by Crippen LogP contribution is -2.35. The molecule has 0 saturated heterocycles. The summed E-state index contributed by atoms with van der Waals surface area (Å²) in [4.78, 5) is 13.3. The fraction of sp³-hybridized carbons (Fsp3) is 0.321. The molecule has 2 unspecified atom stereocenters. The molecule has 0 amide bonds.